The molecule has 142 valence electrons. The Morgan fingerprint density at radius 2 is 1.61 bits per heavy atom. The molecule has 2 amide bonds. The maximum absolute atomic E-state index is 13.3. The molecule has 3 aromatic rings. The van der Waals surface area contributed by atoms with Crippen LogP contribution in [0.25, 0.3) is 17.1 Å². The number of thioether (sulfide) groups is 1. The molecule has 6 nitrogen and oxygen atoms in total. The standard InChI is InChI=1S/C20H17FN4O2S/c21-15-8-6-14(7-9-15)19-22-23-20(25(19)16-4-2-1-3-5-16)28-13-12-24-17(26)10-11-18(24)27/h1-9H,10-13H2. The summed E-state index contributed by atoms with van der Waals surface area (Å²) in [5.74, 6) is 0.557. The van der Waals surface area contributed by atoms with Crippen LogP contribution in [-0.2, 0) is 9.59 Å². The molecule has 0 unspecified atom stereocenters. The Kier molecular flexibility index (Phi) is 5.21. The van der Waals surface area contributed by atoms with E-state index in [1.54, 1.807) is 12.1 Å². The Hall–Kier alpha value is -3.00. The van der Waals surface area contributed by atoms with Gasteiger partial charge in [0.15, 0.2) is 11.0 Å². The molecule has 0 bridgehead atoms. The first-order chi connectivity index (χ1) is 13.6. The third kappa shape index (κ3) is 3.68. The number of aromatic nitrogens is 3. The zero-order valence-electron chi connectivity index (χ0n) is 14.9. The first-order valence-corrected chi connectivity index (χ1v) is 9.85. The van der Waals surface area contributed by atoms with Crippen molar-refractivity contribution in [3.8, 4) is 17.1 Å². The van der Waals surface area contributed by atoms with Crippen LogP contribution in [0.4, 0.5) is 4.39 Å². The molecule has 1 aromatic heterocycles. The number of carbonyl (C=O) groups is 2. The van der Waals surface area contributed by atoms with Gasteiger partial charge in [0.1, 0.15) is 5.82 Å². The van der Waals surface area contributed by atoms with Crippen LogP contribution in [0.1, 0.15) is 12.8 Å². The second-order valence-corrected chi connectivity index (χ2v) is 7.33. The monoisotopic (exact) mass is 396 g/mol. The zero-order chi connectivity index (χ0) is 19.5. The summed E-state index contributed by atoms with van der Waals surface area (Å²) in [5, 5.41) is 9.23. The van der Waals surface area contributed by atoms with Crippen molar-refractivity contribution in [1.82, 2.24) is 19.7 Å². The predicted molar refractivity (Wildman–Crippen MR) is 103 cm³/mol. The van der Waals surface area contributed by atoms with Gasteiger partial charge in [0.2, 0.25) is 11.8 Å². The molecule has 1 aliphatic rings. The molecule has 0 atom stereocenters. The third-order valence-corrected chi connectivity index (χ3v) is 5.36. The highest BCUT2D eigenvalue weighted by molar-refractivity contribution is 7.99. The van der Waals surface area contributed by atoms with E-state index < -0.39 is 0 Å². The number of rotatable bonds is 6. The Morgan fingerprint density at radius 1 is 0.929 bits per heavy atom. The van der Waals surface area contributed by atoms with Crippen LogP contribution in [-0.4, -0.2) is 43.8 Å². The number of para-hydroxylation sites is 1. The fraction of sp³-hybridized carbons (Fsp3) is 0.200. The second kappa shape index (κ2) is 7.93. The molecule has 1 aliphatic heterocycles. The van der Waals surface area contributed by atoms with Crippen LogP contribution in [0.15, 0.2) is 59.8 Å². The molecule has 0 saturated carbocycles. The third-order valence-electron chi connectivity index (χ3n) is 4.45. The van der Waals surface area contributed by atoms with Crippen molar-refractivity contribution in [2.45, 2.75) is 18.0 Å². The largest absolute Gasteiger partial charge is 0.282 e. The Labute approximate surface area is 165 Å². The van der Waals surface area contributed by atoms with Crippen molar-refractivity contribution < 1.29 is 14.0 Å². The highest BCUT2D eigenvalue weighted by atomic mass is 32.2. The highest BCUT2D eigenvalue weighted by Gasteiger charge is 2.28. The SMILES string of the molecule is O=C1CCC(=O)N1CCSc1nnc(-c2ccc(F)cc2)n1-c1ccccc1. The number of hydrogen-bond acceptors (Lipinski definition) is 5. The van der Waals surface area contributed by atoms with Gasteiger partial charge in [0.25, 0.3) is 0 Å². The van der Waals surface area contributed by atoms with Crippen molar-refractivity contribution in [2.75, 3.05) is 12.3 Å². The molecule has 0 aliphatic carbocycles. The molecule has 2 aromatic carbocycles. The van der Waals surface area contributed by atoms with E-state index in [4.69, 9.17) is 0 Å². The van der Waals surface area contributed by atoms with Gasteiger partial charge in [-0.1, -0.05) is 30.0 Å². The average molecular weight is 396 g/mol. The van der Waals surface area contributed by atoms with E-state index in [-0.39, 0.29) is 17.6 Å². The van der Waals surface area contributed by atoms with Crippen LogP contribution in [0.5, 0.6) is 0 Å². The number of likely N-dealkylation sites (tertiary alicyclic amines) is 1. The van der Waals surface area contributed by atoms with E-state index in [0.29, 0.717) is 36.1 Å². The molecule has 0 N–H and O–H groups in total. The number of carbonyl (C=O) groups excluding carboxylic acids is 2. The first kappa shape index (κ1) is 18.4. The highest BCUT2D eigenvalue weighted by Crippen LogP contribution is 2.28. The number of amides is 2. The lowest BCUT2D eigenvalue weighted by Gasteiger charge is -2.14. The molecule has 8 heteroatoms. The van der Waals surface area contributed by atoms with Gasteiger partial charge in [-0.2, -0.15) is 0 Å². The number of imide groups is 1. The summed E-state index contributed by atoms with van der Waals surface area (Å²) in [7, 11) is 0. The Balaban J connectivity index is 1.61. The predicted octanol–water partition coefficient (Wildman–Crippen LogP) is 3.31. The molecule has 28 heavy (non-hydrogen) atoms. The number of nitrogens with zero attached hydrogens (tertiary/aromatic N) is 4. The van der Waals surface area contributed by atoms with Gasteiger partial charge in [0, 0.05) is 36.4 Å². The Bertz CT molecular complexity index is 989. The van der Waals surface area contributed by atoms with Crippen LogP contribution in [0, 0.1) is 5.82 Å². The molecular formula is C20H17FN4O2S. The normalized spacial score (nSPS) is 14.1. The molecule has 4 rings (SSSR count). The smallest absolute Gasteiger partial charge is 0.229 e. The van der Waals surface area contributed by atoms with Gasteiger partial charge in [-0.05, 0) is 36.4 Å². The lowest BCUT2D eigenvalue weighted by Crippen LogP contribution is -2.31. The van der Waals surface area contributed by atoms with Gasteiger partial charge in [-0.25, -0.2) is 4.39 Å². The van der Waals surface area contributed by atoms with Gasteiger partial charge in [0.05, 0.1) is 0 Å². The van der Waals surface area contributed by atoms with Crippen LogP contribution >= 0.6 is 11.8 Å². The number of hydrogen-bond donors (Lipinski definition) is 0. The zero-order valence-corrected chi connectivity index (χ0v) is 15.7. The summed E-state index contributed by atoms with van der Waals surface area (Å²) in [4.78, 5) is 24.8. The Morgan fingerprint density at radius 3 is 2.29 bits per heavy atom. The molecular weight excluding hydrogens is 379 g/mol. The minimum atomic E-state index is -0.316. The minimum Gasteiger partial charge on any atom is -0.282 e. The minimum absolute atomic E-state index is 0.123. The second-order valence-electron chi connectivity index (χ2n) is 6.27. The lowest BCUT2D eigenvalue weighted by atomic mass is 10.2. The van der Waals surface area contributed by atoms with Gasteiger partial charge < -0.3 is 0 Å². The summed E-state index contributed by atoms with van der Waals surface area (Å²) in [6.07, 6.45) is 0.580. The van der Waals surface area contributed by atoms with E-state index in [2.05, 4.69) is 10.2 Å². The van der Waals surface area contributed by atoms with Crippen LogP contribution < -0.4 is 0 Å². The van der Waals surface area contributed by atoms with Crippen molar-refractivity contribution in [3.63, 3.8) is 0 Å². The van der Waals surface area contributed by atoms with Crippen molar-refractivity contribution >= 4 is 23.6 Å². The molecule has 0 radical (unpaired) electrons. The van der Waals surface area contributed by atoms with Crippen LogP contribution in [0.2, 0.25) is 0 Å². The van der Waals surface area contributed by atoms with E-state index >= 15 is 0 Å². The summed E-state index contributed by atoms with van der Waals surface area (Å²) in [6.45, 7) is 0.343. The van der Waals surface area contributed by atoms with E-state index in [9.17, 15) is 14.0 Å². The summed E-state index contributed by atoms with van der Waals surface area (Å²) in [5.41, 5.74) is 1.62. The fourth-order valence-corrected chi connectivity index (χ4v) is 3.94. The number of benzene rings is 2. The van der Waals surface area contributed by atoms with E-state index in [1.165, 1.54) is 28.8 Å². The summed E-state index contributed by atoms with van der Waals surface area (Å²) >= 11 is 1.42. The van der Waals surface area contributed by atoms with Gasteiger partial charge in [-0.3, -0.25) is 19.1 Å². The topological polar surface area (TPSA) is 68.1 Å². The average Bonchev–Trinajstić information content (AvgIpc) is 3.27. The van der Waals surface area contributed by atoms with Crippen LogP contribution in [0.3, 0.4) is 0 Å². The fourth-order valence-electron chi connectivity index (χ4n) is 3.06. The quantitative estimate of drug-likeness (QED) is 0.472. The van der Waals surface area contributed by atoms with E-state index in [0.717, 1.165) is 11.3 Å². The van der Waals surface area contributed by atoms with E-state index in [1.807, 2.05) is 34.9 Å². The maximum atomic E-state index is 13.3. The molecule has 1 fully saturated rings. The first-order valence-electron chi connectivity index (χ1n) is 8.86. The van der Waals surface area contributed by atoms with Crippen molar-refractivity contribution in [2.24, 2.45) is 0 Å². The molecule has 0 spiro atoms. The molecule has 1 saturated heterocycles. The van der Waals surface area contributed by atoms with Gasteiger partial charge >= 0.3 is 0 Å². The maximum Gasteiger partial charge on any atom is 0.229 e. The number of halogens is 1. The van der Waals surface area contributed by atoms with Crippen molar-refractivity contribution in [3.05, 3.63) is 60.4 Å². The molecule has 2 heterocycles. The van der Waals surface area contributed by atoms with Gasteiger partial charge in [-0.15, -0.1) is 10.2 Å². The summed E-state index contributed by atoms with van der Waals surface area (Å²) in [6, 6.07) is 15.7. The summed E-state index contributed by atoms with van der Waals surface area (Å²) < 4.78 is 15.2. The lowest BCUT2D eigenvalue weighted by molar-refractivity contribution is -0.137. The van der Waals surface area contributed by atoms with Crippen molar-refractivity contribution in [1.29, 1.82) is 0 Å².